The molecule has 1 atom stereocenters. The van der Waals surface area contributed by atoms with Gasteiger partial charge < -0.3 is 15.5 Å². The van der Waals surface area contributed by atoms with Gasteiger partial charge in [0, 0.05) is 92.4 Å². The van der Waals surface area contributed by atoms with Gasteiger partial charge >= 0.3 is 0 Å². The highest BCUT2D eigenvalue weighted by atomic mass is 19.1. The fraction of sp³-hybridized carbons (Fsp3) is 0.269. The summed E-state index contributed by atoms with van der Waals surface area (Å²) >= 11 is 0. The Morgan fingerprint density at radius 2 is 1.49 bits per heavy atom. The summed E-state index contributed by atoms with van der Waals surface area (Å²) in [6, 6.07) is 3.27. The molecule has 1 aliphatic rings. The van der Waals surface area contributed by atoms with E-state index in [2.05, 4.69) is 36.1 Å². The van der Waals surface area contributed by atoms with Crippen LogP contribution in [0, 0.1) is 17.5 Å². The molecule has 1 aliphatic heterocycles. The quantitative estimate of drug-likeness (QED) is 0.367. The number of hydrogen-bond acceptors (Lipinski definition) is 8. The average Bonchev–Trinajstić information content (AvgIpc) is 3.54. The third-order valence-electron chi connectivity index (χ3n) is 7.05. The van der Waals surface area contributed by atoms with Crippen molar-refractivity contribution in [1.29, 1.82) is 0 Å². The zero-order valence-electron chi connectivity index (χ0n) is 21.3. The molecule has 10 nitrogen and oxygen atoms in total. The molecule has 4 aromatic heterocycles. The summed E-state index contributed by atoms with van der Waals surface area (Å²) in [4.78, 5) is 17.6. The number of anilines is 2. The molecule has 39 heavy (non-hydrogen) atoms. The van der Waals surface area contributed by atoms with Gasteiger partial charge in [0.05, 0.1) is 11.7 Å². The van der Waals surface area contributed by atoms with Gasteiger partial charge in [0.2, 0.25) is 5.95 Å². The van der Waals surface area contributed by atoms with Crippen LogP contribution >= 0.6 is 0 Å². The number of fused-ring (bicyclic) bond motifs is 1. The molecule has 0 radical (unpaired) electrons. The molecule has 13 heteroatoms. The summed E-state index contributed by atoms with van der Waals surface area (Å²) in [5.74, 6) is -1.83. The molecule has 2 N–H and O–H groups in total. The first-order chi connectivity index (χ1) is 18.7. The highest BCUT2D eigenvalue weighted by Gasteiger charge is 2.32. The summed E-state index contributed by atoms with van der Waals surface area (Å²) in [5.41, 5.74) is 7.45. The van der Waals surface area contributed by atoms with Crippen molar-refractivity contribution in [2.24, 2.45) is 12.8 Å². The number of aromatic nitrogens is 7. The molecule has 200 valence electrons. The minimum Gasteiger partial charge on any atom is -0.351 e. The van der Waals surface area contributed by atoms with Crippen molar-refractivity contribution in [3.05, 3.63) is 84.1 Å². The maximum atomic E-state index is 14.4. The van der Waals surface area contributed by atoms with Crippen LogP contribution in [0.2, 0.25) is 0 Å². The third-order valence-corrected chi connectivity index (χ3v) is 7.05. The lowest BCUT2D eigenvalue weighted by molar-refractivity contribution is 0.466. The van der Waals surface area contributed by atoms with E-state index in [0.717, 1.165) is 22.5 Å². The van der Waals surface area contributed by atoms with Gasteiger partial charge in [0.15, 0.2) is 5.82 Å². The van der Waals surface area contributed by atoms with Gasteiger partial charge in [-0.3, -0.25) is 4.68 Å². The van der Waals surface area contributed by atoms with Gasteiger partial charge in [-0.15, -0.1) is 0 Å². The van der Waals surface area contributed by atoms with Crippen molar-refractivity contribution in [2.45, 2.75) is 12.5 Å². The number of aryl methyl sites for hydroxylation is 1. The molecule has 1 aromatic carbocycles. The number of halogens is 3. The number of nitrogens with two attached hydrogens (primary N) is 1. The minimum absolute atomic E-state index is 0.301. The first kappa shape index (κ1) is 24.8. The van der Waals surface area contributed by atoms with E-state index in [-0.39, 0.29) is 0 Å². The van der Waals surface area contributed by atoms with Gasteiger partial charge in [-0.05, 0) is 13.0 Å². The smallest absolute Gasteiger partial charge is 0.225 e. The molecule has 0 aliphatic carbocycles. The summed E-state index contributed by atoms with van der Waals surface area (Å²) in [5, 5.41) is 8.61. The normalized spacial score (nSPS) is 15.6. The van der Waals surface area contributed by atoms with Crippen LogP contribution in [-0.2, 0) is 12.6 Å². The number of piperazine rings is 1. The van der Waals surface area contributed by atoms with Crippen LogP contribution in [0.25, 0.3) is 16.6 Å². The van der Waals surface area contributed by atoms with Crippen molar-refractivity contribution in [3.63, 3.8) is 0 Å². The van der Waals surface area contributed by atoms with Gasteiger partial charge in [-0.25, -0.2) is 32.6 Å². The van der Waals surface area contributed by atoms with Crippen LogP contribution in [0.15, 0.2) is 55.5 Å². The number of benzene rings is 1. The molecule has 0 amide bonds. The van der Waals surface area contributed by atoms with Crippen LogP contribution in [0.5, 0.6) is 0 Å². The van der Waals surface area contributed by atoms with Crippen LogP contribution in [0.3, 0.4) is 0 Å². The van der Waals surface area contributed by atoms with Crippen molar-refractivity contribution in [2.75, 3.05) is 36.0 Å². The lowest BCUT2D eigenvalue weighted by Crippen LogP contribution is -2.47. The summed E-state index contributed by atoms with van der Waals surface area (Å²) < 4.78 is 45.7. The second-order valence-electron chi connectivity index (χ2n) is 9.74. The van der Waals surface area contributed by atoms with Crippen molar-refractivity contribution in [1.82, 2.24) is 34.3 Å². The minimum atomic E-state index is -1.59. The van der Waals surface area contributed by atoms with Crippen molar-refractivity contribution >= 4 is 17.3 Å². The standard InChI is InChI=1S/C26H25F3N10/c1-26(30,23-20(28)8-19(27)9-21(23)29)18-11-31-25(32-12-18)38-5-3-37(4-6-38)24-22-7-16(14-39(22)35-15-33-24)17-10-34-36(2)13-17/h7-15H,3-6,30H2,1-2H3/t26-/m1/s1. The largest absolute Gasteiger partial charge is 0.351 e. The highest BCUT2D eigenvalue weighted by molar-refractivity contribution is 5.77. The molecule has 5 heterocycles. The fourth-order valence-electron chi connectivity index (χ4n) is 4.94. The Morgan fingerprint density at radius 1 is 0.821 bits per heavy atom. The van der Waals surface area contributed by atoms with E-state index in [1.54, 1.807) is 11.0 Å². The zero-order valence-corrected chi connectivity index (χ0v) is 21.3. The Labute approximate surface area is 221 Å². The molecule has 1 saturated heterocycles. The van der Waals surface area contributed by atoms with Crippen LogP contribution in [0.1, 0.15) is 18.1 Å². The van der Waals surface area contributed by atoms with E-state index in [0.29, 0.717) is 49.8 Å². The molecule has 5 aromatic rings. The van der Waals surface area contributed by atoms with Crippen molar-refractivity contribution < 1.29 is 13.2 Å². The fourth-order valence-corrected chi connectivity index (χ4v) is 4.94. The van der Waals surface area contributed by atoms with Gasteiger partial charge in [-0.1, -0.05) is 0 Å². The second kappa shape index (κ2) is 9.34. The summed E-state index contributed by atoms with van der Waals surface area (Å²) in [7, 11) is 1.88. The molecular weight excluding hydrogens is 509 g/mol. The molecular formula is C26H25F3N10. The number of hydrogen-bond donors (Lipinski definition) is 1. The second-order valence-corrected chi connectivity index (χ2v) is 9.74. The Bertz CT molecular complexity index is 1630. The SMILES string of the molecule is Cn1cc(-c2cc3c(N4CCN(c5ncc([C@@](C)(N)c6c(F)cc(F)cc6F)cn5)CC4)ncnn3c2)cn1. The Hall–Kier alpha value is -4.52. The maximum Gasteiger partial charge on any atom is 0.225 e. The van der Waals surface area contributed by atoms with E-state index in [9.17, 15) is 13.2 Å². The molecule has 0 bridgehead atoms. The van der Waals surface area contributed by atoms with Crippen LogP contribution in [-0.4, -0.2) is 60.5 Å². The monoisotopic (exact) mass is 534 g/mol. The van der Waals surface area contributed by atoms with Crippen molar-refractivity contribution in [3.8, 4) is 11.1 Å². The maximum absolute atomic E-state index is 14.4. The molecule has 0 unspecified atom stereocenters. The van der Waals surface area contributed by atoms with Gasteiger partial charge in [0.1, 0.15) is 29.3 Å². The van der Waals surface area contributed by atoms with Gasteiger partial charge in [0.25, 0.3) is 0 Å². The van der Waals surface area contributed by atoms with E-state index >= 15 is 0 Å². The number of nitrogens with zero attached hydrogens (tertiary/aromatic N) is 9. The average molecular weight is 535 g/mol. The van der Waals surface area contributed by atoms with E-state index in [4.69, 9.17) is 5.73 Å². The molecule has 1 fully saturated rings. The molecule has 0 spiro atoms. The predicted octanol–water partition coefficient (Wildman–Crippen LogP) is 2.89. The lowest BCUT2D eigenvalue weighted by Gasteiger charge is -2.35. The highest BCUT2D eigenvalue weighted by Crippen LogP contribution is 2.32. The zero-order chi connectivity index (χ0) is 27.3. The number of rotatable bonds is 5. The van der Waals surface area contributed by atoms with E-state index in [1.165, 1.54) is 19.3 Å². The lowest BCUT2D eigenvalue weighted by atomic mass is 9.86. The molecule has 0 saturated carbocycles. The Morgan fingerprint density at radius 3 is 2.13 bits per heavy atom. The molecule has 6 rings (SSSR count). The predicted molar refractivity (Wildman–Crippen MR) is 139 cm³/mol. The van der Waals surface area contributed by atoms with E-state index < -0.39 is 28.6 Å². The first-order valence-electron chi connectivity index (χ1n) is 12.3. The van der Waals surface area contributed by atoms with Gasteiger partial charge in [-0.2, -0.15) is 10.2 Å². The Kier molecular flexibility index (Phi) is 5.94. The first-order valence-corrected chi connectivity index (χ1v) is 12.3. The van der Waals surface area contributed by atoms with Crippen LogP contribution in [0.4, 0.5) is 24.9 Å². The summed E-state index contributed by atoms with van der Waals surface area (Å²) in [6.45, 7) is 4.05. The third kappa shape index (κ3) is 4.44. The summed E-state index contributed by atoms with van der Waals surface area (Å²) in [6.07, 6.45) is 10.2. The van der Waals surface area contributed by atoms with Crippen LogP contribution < -0.4 is 15.5 Å². The Balaban J connectivity index is 1.18. The topological polar surface area (TPSA) is 106 Å². The van der Waals surface area contributed by atoms with E-state index in [1.807, 2.05) is 35.1 Å².